The molecule has 4 N–H and O–H groups in total. The Balaban J connectivity index is 2.08. The van der Waals surface area contributed by atoms with Crippen LogP contribution in [0.25, 0.3) is 0 Å². The van der Waals surface area contributed by atoms with Crippen molar-refractivity contribution < 1.29 is 14.7 Å². The number of aliphatic carboxylic acids is 1. The summed E-state index contributed by atoms with van der Waals surface area (Å²) in [6.45, 7) is 2.10. The van der Waals surface area contributed by atoms with Crippen LogP contribution < -0.4 is 11.1 Å². The first kappa shape index (κ1) is 15.3. The molecule has 5 heteroatoms. The van der Waals surface area contributed by atoms with E-state index in [0.29, 0.717) is 13.0 Å². The van der Waals surface area contributed by atoms with Crippen molar-refractivity contribution in [3.63, 3.8) is 0 Å². The minimum atomic E-state index is -0.833. The minimum absolute atomic E-state index is 0.0286. The molecule has 2 aliphatic rings. The maximum absolute atomic E-state index is 12.6. The van der Waals surface area contributed by atoms with Gasteiger partial charge in [0.1, 0.15) is 0 Å². The average molecular weight is 282 g/mol. The van der Waals surface area contributed by atoms with E-state index in [2.05, 4.69) is 5.32 Å². The van der Waals surface area contributed by atoms with Crippen LogP contribution in [0, 0.1) is 10.8 Å². The Morgan fingerprint density at radius 3 is 2.40 bits per heavy atom. The van der Waals surface area contributed by atoms with E-state index in [1.165, 1.54) is 0 Å². The number of carbonyl (C=O) groups excluding carboxylic acids is 1. The summed E-state index contributed by atoms with van der Waals surface area (Å²) in [7, 11) is 0. The Bertz CT molecular complexity index is 391. The predicted octanol–water partition coefficient (Wildman–Crippen LogP) is 1.66. The van der Waals surface area contributed by atoms with Gasteiger partial charge in [0, 0.05) is 12.6 Å². The van der Waals surface area contributed by atoms with Gasteiger partial charge in [-0.1, -0.05) is 25.7 Å². The van der Waals surface area contributed by atoms with Crippen LogP contribution >= 0.6 is 0 Å². The Kier molecular flexibility index (Phi) is 4.37. The van der Waals surface area contributed by atoms with Crippen LogP contribution in [0.15, 0.2) is 0 Å². The molecule has 1 amide bonds. The molecule has 0 aromatic heterocycles. The van der Waals surface area contributed by atoms with E-state index in [4.69, 9.17) is 5.73 Å². The molecule has 2 unspecified atom stereocenters. The van der Waals surface area contributed by atoms with E-state index in [0.717, 1.165) is 44.9 Å². The number of amides is 1. The Hall–Kier alpha value is -1.10. The molecule has 0 radical (unpaired) electrons. The fourth-order valence-corrected chi connectivity index (χ4v) is 3.72. The highest BCUT2D eigenvalue weighted by molar-refractivity contribution is 5.85. The molecule has 0 aromatic carbocycles. The number of nitrogens with two attached hydrogens (primary N) is 1. The first-order valence-corrected chi connectivity index (χ1v) is 7.69. The molecule has 0 aliphatic heterocycles. The Morgan fingerprint density at radius 2 is 1.85 bits per heavy atom. The standard InChI is InChI=1S/C15H26N2O3/c1-14(13(19)20)7-5-6-11(14)17-12(18)15(10-16)8-3-2-4-9-15/h11H,2-10,16H2,1H3,(H,17,18)(H,19,20). The van der Waals surface area contributed by atoms with E-state index in [1.54, 1.807) is 6.92 Å². The summed E-state index contributed by atoms with van der Waals surface area (Å²) in [6.07, 6.45) is 7.10. The van der Waals surface area contributed by atoms with Gasteiger partial charge in [-0.25, -0.2) is 0 Å². The summed E-state index contributed by atoms with van der Waals surface area (Å²) in [5, 5.41) is 12.4. The summed E-state index contributed by atoms with van der Waals surface area (Å²) >= 11 is 0. The van der Waals surface area contributed by atoms with Gasteiger partial charge in [-0.05, 0) is 32.6 Å². The SMILES string of the molecule is CC1(C(=O)O)CCCC1NC(=O)C1(CN)CCCCC1. The van der Waals surface area contributed by atoms with Crippen molar-refractivity contribution in [2.75, 3.05) is 6.54 Å². The molecule has 5 nitrogen and oxygen atoms in total. The van der Waals surface area contributed by atoms with E-state index in [1.807, 2.05) is 0 Å². The number of carbonyl (C=O) groups is 2. The van der Waals surface area contributed by atoms with Crippen LogP contribution in [0.3, 0.4) is 0 Å². The van der Waals surface area contributed by atoms with E-state index in [9.17, 15) is 14.7 Å². The predicted molar refractivity (Wildman–Crippen MR) is 76.1 cm³/mol. The number of carboxylic acid groups (broad SMARTS) is 1. The van der Waals surface area contributed by atoms with Crippen LogP contribution in [-0.2, 0) is 9.59 Å². The molecular weight excluding hydrogens is 256 g/mol. The van der Waals surface area contributed by atoms with Gasteiger partial charge in [-0.3, -0.25) is 9.59 Å². The number of rotatable bonds is 4. The molecule has 20 heavy (non-hydrogen) atoms. The van der Waals surface area contributed by atoms with Gasteiger partial charge in [0.05, 0.1) is 10.8 Å². The highest BCUT2D eigenvalue weighted by Crippen LogP contribution is 2.40. The zero-order valence-corrected chi connectivity index (χ0v) is 12.3. The lowest BCUT2D eigenvalue weighted by Crippen LogP contribution is -2.54. The quantitative estimate of drug-likeness (QED) is 0.731. The second-order valence-corrected chi connectivity index (χ2v) is 6.69. The highest BCUT2D eigenvalue weighted by atomic mass is 16.4. The largest absolute Gasteiger partial charge is 0.481 e. The maximum atomic E-state index is 12.6. The van der Waals surface area contributed by atoms with Crippen LogP contribution in [0.5, 0.6) is 0 Å². The van der Waals surface area contributed by atoms with Crippen molar-refractivity contribution in [2.45, 2.75) is 64.3 Å². The fraction of sp³-hybridized carbons (Fsp3) is 0.867. The summed E-state index contributed by atoms with van der Waals surface area (Å²) < 4.78 is 0. The molecule has 2 fully saturated rings. The van der Waals surface area contributed by atoms with Gasteiger partial charge < -0.3 is 16.2 Å². The summed E-state index contributed by atoms with van der Waals surface area (Å²) in [5.41, 5.74) is 4.56. The van der Waals surface area contributed by atoms with Gasteiger partial charge in [0.25, 0.3) is 0 Å². The molecule has 0 aromatic rings. The van der Waals surface area contributed by atoms with Crippen molar-refractivity contribution in [2.24, 2.45) is 16.6 Å². The third kappa shape index (κ3) is 2.55. The highest BCUT2D eigenvalue weighted by Gasteiger charge is 2.48. The smallest absolute Gasteiger partial charge is 0.311 e. The van der Waals surface area contributed by atoms with Crippen molar-refractivity contribution >= 4 is 11.9 Å². The van der Waals surface area contributed by atoms with E-state index < -0.39 is 16.8 Å². The van der Waals surface area contributed by atoms with Crippen molar-refractivity contribution in [1.82, 2.24) is 5.32 Å². The molecular formula is C15H26N2O3. The number of hydrogen-bond donors (Lipinski definition) is 3. The van der Waals surface area contributed by atoms with Crippen LogP contribution in [0.4, 0.5) is 0 Å². The molecule has 2 atom stereocenters. The number of carboxylic acids is 1. The molecule has 0 spiro atoms. The van der Waals surface area contributed by atoms with Gasteiger partial charge in [-0.15, -0.1) is 0 Å². The van der Waals surface area contributed by atoms with Gasteiger partial charge >= 0.3 is 5.97 Å². The topological polar surface area (TPSA) is 92.4 Å². The van der Waals surface area contributed by atoms with Crippen molar-refractivity contribution in [1.29, 1.82) is 0 Å². The molecule has 2 saturated carbocycles. The Labute approximate surface area is 120 Å². The summed E-state index contributed by atoms with van der Waals surface area (Å²) in [5.74, 6) is -0.843. The third-order valence-electron chi connectivity index (χ3n) is 5.43. The van der Waals surface area contributed by atoms with Crippen LogP contribution in [-0.4, -0.2) is 29.6 Å². The van der Waals surface area contributed by atoms with Crippen molar-refractivity contribution in [3.8, 4) is 0 Å². The maximum Gasteiger partial charge on any atom is 0.311 e. The molecule has 2 rings (SSSR count). The van der Waals surface area contributed by atoms with Crippen molar-refractivity contribution in [3.05, 3.63) is 0 Å². The lowest BCUT2D eigenvalue weighted by Gasteiger charge is -2.37. The summed E-state index contributed by atoms with van der Waals surface area (Å²) in [6, 6.07) is -0.266. The molecule has 0 saturated heterocycles. The van der Waals surface area contributed by atoms with E-state index >= 15 is 0 Å². The lowest BCUT2D eigenvalue weighted by molar-refractivity contribution is -0.149. The summed E-state index contributed by atoms with van der Waals surface area (Å²) in [4.78, 5) is 24.1. The minimum Gasteiger partial charge on any atom is -0.481 e. The monoisotopic (exact) mass is 282 g/mol. The zero-order valence-electron chi connectivity index (χ0n) is 12.3. The number of hydrogen-bond acceptors (Lipinski definition) is 3. The molecule has 0 bridgehead atoms. The lowest BCUT2D eigenvalue weighted by atomic mass is 9.73. The van der Waals surface area contributed by atoms with Crippen LogP contribution in [0.2, 0.25) is 0 Å². The second-order valence-electron chi connectivity index (χ2n) is 6.69. The molecule has 114 valence electrons. The normalized spacial score (nSPS) is 32.8. The van der Waals surface area contributed by atoms with Gasteiger partial charge in [-0.2, -0.15) is 0 Å². The average Bonchev–Trinajstić information content (AvgIpc) is 2.82. The van der Waals surface area contributed by atoms with Gasteiger partial charge in [0.15, 0.2) is 0 Å². The number of nitrogens with one attached hydrogen (secondary N) is 1. The third-order valence-corrected chi connectivity index (χ3v) is 5.43. The molecule has 0 heterocycles. The first-order chi connectivity index (χ1) is 9.44. The van der Waals surface area contributed by atoms with E-state index in [-0.39, 0.29) is 11.9 Å². The van der Waals surface area contributed by atoms with Crippen LogP contribution in [0.1, 0.15) is 58.3 Å². The zero-order chi connectivity index (χ0) is 14.8. The fourth-order valence-electron chi connectivity index (χ4n) is 3.72. The first-order valence-electron chi connectivity index (χ1n) is 7.69. The molecule has 2 aliphatic carbocycles. The second kappa shape index (κ2) is 5.72. The van der Waals surface area contributed by atoms with Gasteiger partial charge in [0.2, 0.25) is 5.91 Å². The Morgan fingerprint density at radius 1 is 1.20 bits per heavy atom.